The van der Waals surface area contributed by atoms with E-state index in [0.29, 0.717) is 18.4 Å². The molecule has 0 radical (unpaired) electrons. The van der Waals surface area contributed by atoms with Crippen LogP contribution < -0.4 is 0 Å². The minimum Gasteiger partial charge on any atom is -0.481 e. The van der Waals surface area contributed by atoms with E-state index >= 15 is 0 Å². The Morgan fingerprint density at radius 3 is 2.54 bits per heavy atom. The Bertz CT molecular complexity index is 207. The standard InChI is InChI=1S/C10H17NO2/c1-7-5-11(6-7)9(4-10(12)13)8-2-3-8/h7-9H,2-6H2,1H3,(H,12,13). The van der Waals surface area contributed by atoms with Crippen molar-refractivity contribution >= 4 is 5.97 Å². The third-order valence-electron chi connectivity index (χ3n) is 3.11. The predicted octanol–water partition coefficient (Wildman–Crippen LogP) is 1.19. The van der Waals surface area contributed by atoms with E-state index in [1.165, 1.54) is 12.8 Å². The first-order chi connectivity index (χ1) is 6.16. The van der Waals surface area contributed by atoms with Crippen molar-refractivity contribution in [2.45, 2.75) is 32.2 Å². The van der Waals surface area contributed by atoms with Crippen molar-refractivity contribution < 1.29 is 9.90 Å². The number of rotatable bonds is 4. The van der Waals surface area contributed by atoms with Crippen LogP contribution in [0.15, 0.2) is 0 Å². The summed E-state index contributed by atoms with van der Waals surface area (Å²) in [6.07, 6.45) is 2.82. The van der Waals surface area contributed by atoms with Crippen LogP contribution in [0.5, 0.6) is 0 Å². The molecule has 3 heteroatoms. The highest BCUT2D eigenvalue weighted by molar-refractivity contribution is 5.67. The highest BCUT2D eigenvalue weighted by atomic mass is 16.4. The molecule has 2 rings (SSSR count). The monoisotopic (exact) mass is 183 g/mol. The molecule has 1 heterocycles. The number of hydrogen-bond donors (Lipinski definition) is 1. The van der Waals surface area contributed by atoms with E-state index in [-0.39, 0.29) is 0 Å². The molecule has 0 spiro atoms. The molecule has 74 valence electrons. The summed E-state index contributed by atoms with van der Waals surface area (Å²) in [6, 6.07) is 0.341. The number of carboxylic acids is 1. The molecule has 13 heavy (non-hydrogen) atoms. The summed E-state index contributed by atoms with van der Waals surface area (Å²) < 4.78 is 0. The van der Waals surface area contributed by atoms with Crippen molar-refractivity contribution in [3.63, 3.8) is 0 Å². The smallest absolute Gasteiger partial charge is 0.304 e. The van der Waals surface area contributed by atoms with Crippen LogP contribution in [-0.2, 0) is 4.79 Å². The molecule has 1 unspecified atom stereocenters. The number of nitrogens with zero attached hydrogens (tertiary/aromatic N) is 1. The van der Waals surface area contributed by atoms with Gasteiger partial charge in [0.25, 0.3) is 0 Å². The zero-order valence-electron chi connectivity index (χ0n) is 8.07. The van der Waals surface area contributed by atoms with Gasteiger partial charge in [0.15, 0.2) is 0 Å². The average Bonchev–Trinajstić information content (AvgIpc) is 2.76. The van der Waals surface area contributed by atoms with E-state index in [1.807, 2.05) is 0 Å². The average molecular weight is 183 g/mol. The second-order valence-electron chi connectivity index (χ2n) is 4.56. The topological polar surface area (TPSA) is 40.5 Å². The first-order valence-corrected chi connectivity index (χ1v) is 5.12. The zero-order valence-corrected chi connectivity index (χ0v) is 8.07. The highest BCUT2D eigenvalue weighted by Crippen LogP contribution is 2.39. The van der Waals surface area contributed by atoms with E-state index in [2.05, 4.69) is 11.8 Å². The second-order valence-corrected chi connectivity index (χ2v) is 4.56. The van der Waals surface area contributed by atoms with Crippen LogP contribution in [0.4, 0.5) is 0 Å². The predicted molar refractivity (Wildman–Crippen MR) is 49.5 cm³/mol. The van der Waals surface area contributed by atoms with Gasteiger partial charge in [0.2, 0.25) is 0 Å². The fraction of sp³-hybridized carbons (Fsp3) is 0.900. The molecule has 2 aliphatic rings. The molecular weight excluding hydrogens is 166 g/mol. The Morgan fingerprint density at radius 1 is 1.54 bits per heavy atom. The zero-order chi connectivity index (χ0) is 9.42. The van der Waals surface area contributed by atoms with Crippen LogP contribution in [-0.4, -0.2) is 35.1 Å². The van der Waals surface area contributed by atoms with Gasteiger partial charge in [-0.2, -0.15) is 0 Å². The maximum atomic E-state index is 10.6. The largest absolute Gasteiger partial charge is 0.481 e. The van der Waals surface area contributed by atoms with Gasteiger partial charge in [0.05, 0.1) is 6.42 Å². The van der Waals surface area contributed by atoms with E-state index in [9.17, 15) is 4.79 Å². The molecule has 1 N–H and O–H groups in total. The third-order valence-corrected chi connectivity index (χ3v) is 3.11. The molecule has 3 nitrogen and oxygen atoms in total. The minimum atomic E-state index is -0.642. The Balaban J connectivity index is 1.86. The number of carbonyl (C=O) groups is 1. The first-order valence-electron chi connectivity index (χ1n) is 5.12. The lowest BCUT2D eigenvalue weighted by Crippen LogP contribution is -2.52. The van der Waals surface area contributed by atoms with Crippen molar-refractivity contribution in [1.82, 2.24) is 4.90 Å². The van der Waals surface area contributed by atoms with Crippen molar-refractivity contribution in [2.24, 2.45) is 11.8 Å². The van der Waals surface area contributed by atoms with Gasteiger partial charge in [0, 0.05) is 19.1 Å². The molecule has 1 aliphatic carbocycles. The summed E-state index contributed by atoms with van der Waals surface area (Å²) in [5.74, 6) is 0.815. The van der Waals surface area contributed by atoms with Crippen molar-refractivity contribution in [2.75, 3.05) is 13.1 Å². The molecule has 0 aromatic carbocycles. The van der Waals surface area contributed by atoms with Crippen LogP contribution in [0.3, 0.4) is 0 Å². The fourth-order valence-electron chi connectivity index (χ4n) is 2.27. The Morgan fingerprint density at radius 2 is 2.15 bits per heavy atom. The molecule has 2 fully saturated rings. The van der Waals surface area contributed by atoms with Crippen molar-refractivity contribution in [3.05, 3.63) is 0 Å². The summed E-state index contributed by atoms with van der Waals surface area (Å²) in [7, 11) is 0. The number of likely N-dealkylation sites (tertiary alicyclic amines) is 1. The molecule has 1 aliphatic heterocycles. The van der Waals surface area contributed by atoms with E-state index in [1.54, 1.807) is 0 Å². The number of aliphatic carboxylic acids is 1. The van der Waals surface area contributed by atoms with E-state index < -0.39 is 5.97 Å². The summed E-state index contributed by atoms with van der Waals surface area (Å²) >= 11 is 0. The Kier molecular flexibility index (Phi) is 2.28. The minimum absolute atomic E-state index is 0.341. The van der Waals surface area contributed by atoms with Crippen LogP contribution in [0.2, 0.25) is 0 Å². The summed E-state index contributed by atoms with van der Waals surface area (Å²) in [5, 5.41) is 8.77. The summed E-state index contributed by atoms with van der Waals surface area (Å²) in [5.41, 5.74) is 0. The lowest BCUT2D eigenvalue weighted by atomic mass is 9.96. The molecule has 1 saturated heterocycles. The van der Waals surface area contributed by atoms with Gasteiger partial charge < -0.3 is 5.11 Å². The fourth-order valence-corrected chi connectivity index (χ4v) is 2.27. The van der Waals surface area contributed by atoms with Gasteiger partial charge in [-0.05, 0) is 24.7 Å². The molecule has 0 amide bonds. The lowest BCUT2D eigenvalue weighted by Gasteiger charge is -2.42. The van der Waals surface area contributed by atoms with Gasteiger partial charge >= 0.3 is 5.97 Å². The normalized spacial score (nSPS) is 26.8. The maximum Gasteiger partial charge on any atom is 0.304 e. The SMILES string of the molecule is CC1CN(C(CC(=O)O)C2CC2)C1. The van der Waals surface area contributed by atoms with Crippen LogP contribution in [0.25, 0.3) is 0 Å². The molecule has 0 aromatic rings. The highest BCUT2D eigenvalue weighted by Gasteiger charge is 2.40. The van der Waals surface area contributed by atoms with Crippen molar-refractivity contribution in [1.29, 1.82) is 0 Å². The first kappa shape index (κ1) is 9.00. The Hall–Kier alpha value is -0.570. The van der Waals surface area contributed by atoms with Gasteiger partial charge in [-0.25, -0.2) is 0 Å². The molecule has 0 aromatic heterocycles. The van der Waals surface area contributed by atoms with Gasteiger partial charge in [-0.3, -0.25) is 9.69 Å². The third kappa shape index (κ3) is 2.02. The number of hydrogen-bond acceptors (Lipinski definition) is 2. The molecular formula is C10H17NO2. The van der Waals surface area contributed by atoms with Gasteiger partial charge in [-0.15, -0.1) is 0 Å². The second kappa shape index (κ2) is 3.29. The maximum absolute atomic E-state index is 10.6. The van der Waals surface area contributed by atoms with Crippen LogP contribution >= 0.6 is 0 Å². The number of carboxylic acid groups (broad SMARTS) is 1. The van der Waals surface area contributed by atoms with Gasteiger partial charge in [0.1, 0.15) is 0 Å². The summed E-state index contributed by atoms with van der Waals surface area (Å²) in [6.45, 7) is 4.43. The molecule has 1 atom stereocenters. The van der Waals surface area contributed by atoms with Crippen molar-refractivity contribution in [3.8, 4) is 0 Å². The molecule has 1 saturated carbocycles. The molecule has 0 bridgehead atoms. The van der Waals surface area contributed by atoms with Crippen LogP contribution in [0, 0.1) is 11.8 Å². The van der Waals surface area contributed by atoms with Gasteiger partial charge in [-0.1, -0.05) is 6.92 Å². The summed E-state index contributed by atoms with van der Waals surface area (Å²) in [4.78, 5) is 13.0. The van der Waals surface area contributed by atoms with E-state index in [4.69, 9.17) is 5.11 Å². The van der Waals surface area contributed by atoms with Crippen LogP contribution in [0.1, 0.15) is 26.2 Å². The lowest BCUT2D eigenvalue weighted by molar-refractivity contribution is -0.139. The van der Waals surface area contributed by atoms with E-state index in [0.717, 1.165) is 19.0 Å². The quantitative estimate of drug-likeness (QED) is 0.711. The Labute approximate surface area is 78.7 Å².